The van der Waals surface area contributed by atoms with Crippen molar-refractivity contribution in [3.8, 4) is 0 Å². The van der Waals surface area contributed by atoms with E-state index in [0.717, 1.165) is 29.6 Å². The van der Waals surface area contributed by atoms with E-state index in [2.05, 4.69) is 36.2 Å². The van der Waals surface area contributed by atoms with Crippen molar-refractivity contribution in [1.29, 1.82) is 0 Å². The van der Waals surface area contributed by atoms with Crippen molar-refractivity contribution in [3.05, 3.63) is 41.1 Å². The number of benzene rings is 1. The number of esters is 1. The molecular weight excluding hydrogens is 290 g/mol. The van der Waals surface area contributed by atoms with Crippen LogP contribution in [-0.2, 0) is 26.3 Å². The first-order valence-corrected chi connectivity index (χ1v) is 8.12. The molecule has 23 heavy (non-hydrogen) atoms. The Morgan fingerprint density at radius 2 is 2.30 bits per heavy atom. The van der Waals surface area contributed by atoms with Crippen molar-refractivity contribution in [2.45, 2.75) is 38.7 Å². The highest BCUT2D eigenvalue weighted by molar-refractivity contribution is 5.92. The molecule has 1 unspecified atom stereocenters. The number of allylic oxidation sites excluding steroid dienone is 1. The Hall–Kier alpha value is -2.07. The molecule has 0 radical (unpaired) electrons. The number of nitrogens with one attached hydrogen (secondary N) is 1. The molecule has 1 aliphatic heterocycles. The average Bonchev–Trinajstić information content (AvgIpc) is 2.96. The minimum absolute atomic E-state index is 0.235. The number of methoxy groups -OCH3 is 1. The van der Waals surface area contributed by atoms with Gasteiger partial charge in [0.05, 0.1) is 31.3 Å². The van der Waals surface area contributed by atoms with Crippen molar-refractivity contribution >= 4 is 22.9 Å². The fourth-order valence-electron chi connectivity index (χ4n) is 3.53. The van der Waals surface area contributed by atoms with Gasteiger partial charge in [-0.2, -0.15) is 0 Å². The molecule has 0 saturated heterocycles. The fourth-order valence-corrected chi connectivity index (χ4v) is 3.53. The number of para-hydroxylation sites is 1. The number of aromatic nitrogens is 1. The van der Waals surface area contributed by atoms with Gasteiger partial charge >= 0.3 is 5.97 Å². The van der Waals surface area contributed by atoms with E-state index in [4.69, 9.17) is 9.47 Å². The lowest BCUT2D eigenvalue weighted by Gasteiger charge is -2.35. The topological polar surface area (TPSA) is 51.3 Å². The van der Waals surface area contributed by atoms with Gasteiger partial charge in [0.2, 0.25) is 0 Å². The standard InChI is InChI=1S/C19H23NO3/c1-4-7-13-8-6-9-14-15-10-11-23-19(5-2,12-16(21)22-3)18(15)20-17(13)14/h4,6-9,20H,5,10-12H2,1-3H3/b7-4-. The van der Waals surface area contributed by atoms with Crippen LogP contribution in [-0.4, -0.2) is 24.7 Å². The van der Waals surface area contributed by atoms with Crippen LogP contribution in [0.15, 0.2) is 24.3 Å². The number of rotatable bonds is 4. The van der Waals surface area contributed by atoms with Crippen molar-refractivity contribution in [1.82, 2.24) is 4.98 Å². The molecule has 3 rings (SSSR count). The summed E-state index contributed by atoms with van der Waals surface area (Å²) in [5.74, 6) is -0.243. The maximum Gasteiger partial charge on any atom is 0.308 e. The predicted octanol–water partition coefficient (Wildman–Crippen LogP) is 3.94. The minimum atomic E-state index is -0.618. The zero-order chi connectivity index (χ0) is 16.4. The van der Waals surface area contributed by atoms with Crippen molar-refractivity contribution in [3.63, 3.8) is 0 Å². The monoisotopic (exact) mass is 313 g/mol. The molecule has 4 nitrogen and oxygen atoms in total. The second-order valence-corrected chi connectivity index (χ2v) is 5.95. The lowest BCUT2D eigenvalue weighted by molar-refractivity contribution is -0.152. The van der Waals surface area contributed by atoms with Crippen LogP contribution in [0.3, 0.4) is 0 Å². The summed E-state index contributed by atoms with van der Waals surface area (Å²) in [5.41, 5.74) is 3.95. The third-order valence-electron chi connectivity index (χ3n) is 4.73. The normalized spacial score (nSPS) is 20.8. The second kappa shape index (κ2) is 6.20. The van der Waals surface area contributed by atoms with Crippen molar-refractivity contribution in [2.24, 2.45) is 0 Å². The third-order valence-corrected chi connectivity index (χ3v) is 4.73. The molecule has 0 fully saturated rings. The molecule has 1 N–H and O–H groups in total. The summed E-state index contributed by atoms with van der Waals surface area (Å²) in [7, 11) is 1.42. The van der Waals surface area contributed by atoms with E-state index in [1.165, 1.54) is 18.1 Å². The first-order valence-electron chi connectivity index (χ1n) is 8.12. The molecule has 0 spiro atoms. The summed E-state index contributed by atoms with van der Waals surface area (Å²) < 4.78 is 11.0. The first kappa shape index (κ1) is 15.8. The number of hydrogen-bond acceptors (Lipinski definition) is 3. The van der Waals surface area contributed by atoms with E-state index in [9.17, 15) is 4.79 Å². The van der Waals surface area contributed by atoms with Gasteiger partial charge in [0.1, 0.15) is 5.60 Å². The average molecular weight is 313 g/mol. The van der Waals surface area contributed by atoms with Gasteiger partial charge in [0.25, 0.3) is 0 Å². The summed E-state index contributed by atoms with van der Waals surface area (Å²) in [5, 5.41) is 1.22. The van der Waals surface area contributed by atoms with Crippen molar-refractivity contribution < 1.29 is 14.3 Å². The van der Waals surface area contributed by atoms with Gasteiger partial charge in [-0.3, -0.25) is 4.79 Å². The Bertz CT molecular complexity index is 759. The number of carbonyl (C=O) groups excluding carboxylic acids is 1. The quantitative estimate of drug-likeness (QED) is 0.870. The molecule has 0 bridgehead atoms. The summed E-state index contributed by atoms with van der Waals surface area (Å²) in [6, 6.07) is 6.32. The smallest absolute Gasteiger partial charge is 0.308 e. The number of H-pyrrole nitrogens is 1. The molecule has 1 aromatic carbocycles. The van der Waals surface area contributed by atoms with E-state index < -0.39 is 5.60 Å². The van der Waals surface area contributed by atoms with Crippen LogP contribution in [0.4, 0.5) is 0 Å². The van der Waals surface area contributed by atoms with E-state index >= 15 is 0 Å². The number of carbonyl (C=O) groups is 1. The molecule has 0 saturated carbocycles. The fraction of sp³-hybridized carbons (Fsp3) is 0.421. The van der Waals surface area contributed by atoms with Crippen LogP contribution in [0.2, 0.25) is 0 Å². The highest BCUT2D eigenvalue weighted by atomic mass is 16.5. The van der Waals surface area contributed by atoms with E-state index in [0.29, 0.717) is 6.61 Å². The minimum Gasteiger partial charge on any atom is -0.469 e. The van der Waals surface area contributed by atoms with E-state index in [1.54, 1.807) is 0 Å². The zero-order valence-corrected chi connectivity index (χ0v) is 13.9. The van der Waals surface area contributed by atoms with Gasteiger partial charge in [-0.25, -0.2) is 0 Å². The first-order chi connectivity index (χ1) is 11.1. The lowest BCUT2D eigenvalue weighted by atomic mass is 9.86. The Morgan fingerprint density at radius 3 is 3.00 bits per heavy atom. The molecule has 1 aliphatic rings. The zero-order valence-electron chi connectivity index (χ0n) is 13.9. The molecular formula is C19H23NO3. The van der Waals surface area contributed by atoms with E-state index in [1.807, 2.05) is 13.0 Å². The van der Waals surface area contributed by atoms with Gasteiger partial charge in [0, 0.05) is 5.39 Å². The Morgan fingerprint density at radius 1 is 1.48 bits per heavy atom. The van der Waals surface area contributed by atoms with Crippen molar-refractivity contribution in [2.75, 3.05) is 13.7 Å². The molecule has 0 amide bonds. The summed E-state index contributed by atoms with van der Waals surface area (Å²) in [6.45, 7) is 4.69. The van der Waals surface area contributed by atoms with Crippen LogP contribution >= 0.6 is 0 Å². The van der Waals surface area contributed by atoms with Crippen LogP contribution in [0.25, 0.3) is 17.0 Å². The highest BCUT2D eigenvalue weighted by Gasteiger charge is 2.41. The molecule has 0 aliphatic carbocycles. The van der Waals surface area contributed by atoms with Gasteiger partial charge in [0.15, 0.2) is 0 Å². The molecule has 1 atom stereocenters. The van der Waals surface area contributed by atoms with Crippen LogP contribution < -0.4 is 0 Å². The third kappa shape index (κ3) is 2.57. The molecule has 122 valence electrons. The molecule has 1 aromatic heterocycles. The van der Waals surface area contributed by atoms with Gasteiger partial charge in [-0.1, -0.05) is 37.3 Å². The number of fused-ring (bicyclic) bond motifs is 3. The Labute approximate surface area is 136 Å². The summed E-state index contributed by atoms with van der Waals surface area (Å²) >= 11 is 0. The number of aromatic amines is 1. The van der Waals surface area contributed by atoms with Gasteiger partial charge in [-0.15, -0.1) is 0 Å². The van der Waals surface area contributed by atoms with Gasteiger partial charge in [-0.05, 0) is 30.9 Å². The SMILES string of the molecule is C/C=C\c1cccc2c3c([nH]c12)C(CC)(CC(=O)OC)OCC3. The highest BCUT2D eigenvalue weighted by Crippen LogP contribution is 2.42. The van der Waals surface area contributed by atoms with Crippen LogP contribution in [0.1, 0.15) is 43.5 Å². The predicted molar refractivity (Wildman–Crippen MR) is 91.3 cm³/mol. The molecule has 2 heterocycles. The second-order valence-electron chi connectivity index (χ2n) is 5.95. The molecule has 4 heteroatoms. The number of ether oxygens (including phenoxy) is 2. The van der Waals surface area contributed by atoms with E-state index in [-0.39, 0.29) is 12.4 Å². The molecule has 2 aromatic rings. The Balaban J connectivity index is 2.20. The largest absolute Gasteiger partial charge is 0.469 e. The summed E-state index contributed by atoms with van der Waals surface area (Å²) in [4.78, 5) is 15.5. The Kier molecular flexibility index (Phi) is 4.26. The lowest BCUT2D eigenvalue weighted by Crippen LogP contribution is -2.37. The maximum absolute atomic E-state index is 11.9. The van der Waals surface area contributed by atoms with Gasteiger partial charge < -0.3 is 14.5 Å². The van der Waals surface area contributed by atoms with Crippen LogP contribution in [0, 0.1) is 0 Å². The number of hydrogen-bond donors (Lipinski definition) is 1. The maximum atomic E-state index is 11.9. The summed E-state index contributed by atoms with van der Waals surface area (Å²) in [6.07, 6.45) is 5.95. The van der Waals surface area contributed by atoms with Crippen LogP contribution in [0.5, 0.6) is 0 Å².